The molecule has 13 heteroatoms. The maximum atomic E-state index is 12.0. The van der Waals surface area contributed by atoms with Gasteiger partial charge >= 0.3 is 41.7 Å². The molecule has 0 saturated carbocycles. The van der Waals surface area contributed by atoms with Crippen LogP contribution in [-0.2, 0) is 27.5 Å². The number of benzene rings is 2. The third kappa shape index (κ3) is 27.2. The van der Waals surface area contributed by atoms with Crippen LogP contribution in [0.1, 0.15) is 111 Å². The number of Topliss-reactive ketones (excluding diaryl/α,β-unsaturated/α-hetero) is 1. The molecule has 3 aliphatic heterocycles. The molecule has 3 radical (unpaired) electrons. The molecule has 2 aromatic rings. The van der Waals surface area contributed by atoms with Gasteiger partial charge in [-0.05, 0) is 95.3 Å². The van der Waals surface area contributed by atoms with E-state index < -0.39 is 0 Å². The minimum Gasteiger partial charge on any atom is -1.00 e. The molecular weight excluding hydrogens is 696 g/mol. The Morgan fingerprint density at radius 2 is 1.15 bits per heavy atom. The Kier molecular flexibility index (Phi) is 37.5. The average Bonchev–Trinajstić information content (AvgIpc) is 3.10. The minimum absolute atomic E-state index is 0. The summed E-state index contributed by atoms with van der Waals surface area (Å²) in [5.41, 5.74) is 1.96. The summed E-state index contributed by atoms with van der Waals surface area (Å²) < 4.78 is 10.6. The molecule has 3 saturated heterocycles. The number of amides is 2. The van der Waals surface area contributed by atoms with Crippen molar-refractivity contribution in [2.24, 2.45) is 0 Å². The van der Waals surface area contributed by atoms with Gasteiger partial charge in [-0.15, -0.1) is 0 Å². The fourth-order valence-corrected chi connectivity index (χ4v) is 5.52. The number of aliphatic hydroxyl groups is 3. The van der Waals surface area contributed by atoms with Crippen LogP contribution in [-0.4, -0.2) is 110 Å². The van der Waals surface area contributed by atoms with E-state index in [2.05, 4.69) is 5.32 Å². The van der Waals surface area contributed by atoms with Crippen molar-refractivity contribution in [1.82, 2.24) is 15.1 Å². The molecule has 5 rings (SSSR count). The summed E-state index contributed by atoms with van der Waals surface area (Å²) in [6.45, 7) is 7.10. The Balaban J connectivity index is -0.000000343. The maximum Gasteiger partial charge on any atom is 1.00 e. The first-order chi connectivity index (χ1) is 24.3. The van der Waals surface area contributed by atoms with Crippen LogP contribution >= 0.6 is 0 Å². The summed E-state index contributed by atoms with van der Waals surface area (Å²) >= 11 is 0. The van der Waals surface area contributed by atoms with Crippen molar-refractivity contribution < 1.29 is 70.2 Å². The van der Waals surface area contributed by atoms with Crippen LogP contribution in [0.3, 0.4) is 0 Å². The van der Waals surface area contributed by atoms with Gasteiger partial charge in [0.15, 0.2) is 0 Å². The van der Waals surface area contributed by atoms with E-state index >= 15 is 0 Å². The summed E-state index contributed by atoms with van der Waals surface area (Å²) in [6.07, 6.45) is 9.58. The number of hydrogen-bond acceptors (Lipinski definition) is 9. The number of carbonyl (C=O) groups excluding carboxylic acids is 3. The molecule has 0 bridgehead atoms. The fourth-order valence-electron chi connectivity index (χ4n) is 5.52. The average molecular weight is 767 g/mol. The number of likely N-dealkylation sites (tertiary alicyclic amines) is 2. The van der Waals surface area contributed by atoms with Crippen LogP contribution < -0.4 is 34.9 Å². The Morgan fingerprint density at radius 3 is 1.69 bits per heavy atom. The van der Waals surface area contributed by atoms with Crippen LogP contribution in [0.4, 0.5) is 9.59 Å². The van der Waals surface area contributed by atoms with Crippen molar-refractivity contribution in [2.75, 3.05) is 45.9 Å². The maximum absolute atomic E-state index is 12.0. The first-order valence-electron chi connectivity index (χ1n) is 18.4. The minimum atomic E-state index is -0.321. The zero-order chi connectivity index (χ0) is 36.2. The molecule has 4 N–H and O–H groups in total. The van der Waals surface area contributed by atoms with Crippen molar-refractivity contribution in [3.63, 3.8) is 0 Å². The molecule has 3 aliphatic rings. The molecule has 301 valence electrons. The zero-order valence-electron chi connectivity index (χ0n) is 32.6. The van der Waals surface area contributed by atoms with Crippen molar-refractivity contribution in [1.29, 1.82) is 0 Å². The smallest absolute Gasteiger partial charge is 1.00 e. The van der Waals surface area contributed by atoms with E-state index in [1.54, 1.807) is 16.7 Å². The fraction of sp³-hybridized carbons (Fsp3) is 0.634. The zero-order valence-corrected chi connectivity index (χ0v) is 33.6. The molecule has 0 aromatic heterocycles. The number of aliphatic hydroxyl groups excluding tert-OH is 3. The first kappa shape index (κ1) is 55.9. The van der Waals surface area contributed by atoms with Gasteiger partial charge in [-0.25, -0.2) is 9.59 Å². The second kappa shape index (κ2) is 36.2. The molecule has 3 fully saturated rings. The van der Waals surface area contributed by atoms with Crippen molar-refractivity contribution in [3.8, 4) is 0 Å². The summed E-state index contributed by atoms with van der Waals surface area (Å²) in [5, 5.41) is 29.6. The third-order valence-electron chi connectivity index (χ3n) is 8.46. The molecule has 0 aliphatic carbocycles. The van der Waals surface area contributed by atoms with E-state index in [0.717, 1.165) is 75.7 Å². The summed E-state index contributed by atoms with van der Waals surface area (Å²) in [7, 11) is 0. The Bertz CT molecular complexity index is 1180. The van der Waals surface area contributed by atoms with Gasteiger partial charge in [-0.1, -0.05) is 75.5 Å². The van der Waals surface area contributed by atoms with Crippen molar-refractivity contribution in [2.45, 2.75) is 124 Å². The van der Waals surface area contributed by atoms with E-state index in [0.29, 0.717) is 45.5 Å². The van der Waals surface area contributed by atoms with E-state index in [4.69, 9.17) is 14.6 Å². The van der Waals surface area contributed by atoms with Gasteiger partial charge in [0.05, 0.1) is 12.2 Å². The van der Waals surface area contributed by atoms with Crippen LogP contribution in [0.2, 0.25) is 0 Å². The standard InChI is InChI=1S/C15H21NO3.C15H19NO3.C7H15NO.C2H6O.2CH4.B.Na.H/c2*17-14-8-4-5-10-16(11-9-14)15(18)19-12-13-6-2-1-3-7-13;9-7-3-1-2-5-8-6-4-7;1-2-3;;;;;/h1-3,6-7,14,17H,4-5,8-12H2;1-3,6-7H,4-5,8-12H2;7-9H,1-6H2;3H,2H2,1H3;2*1H4;;;/q;;;;;;;+1;-1. The number of ketones is 1. The Labute approximate surface area is 351 Å². The molecular formula is C41H70BN3NaO8. The summed E-state index contributed by atoms with van der Waals surface area (Å²) in [6, 6.07) is 19.3. The molecule has 54 heavy (non-hydrogen) atoms. The number of nitrogens with one attached hydrogen (secondary N) is 1. The number of nitrogens with zero attached hydrogens (tertiary/aromatic N) is 2. The molecule has 2 unspecified atom stereocenters. The van der Waals surface area contributed by atoms with Gasteiger partial charge < -0.3 is 41.3 Å². The van der Waals surface area contributed by atoms with Crippen molar-refractivity contribution >= 4 is 26.4 Å². The second-order valence-corrected chi connectivity index (χ2v) is 12.7. The summed E-state index contributed by atoms with van der Waals surface area (Å²) in [4.78, 5) is 38.6. The molecule has 2 atom stereocenters. The predicted octanol–water partition coefficient (Wildman–Crippen LogP) is 3.85. The quantitative estimate of drug-likeness (QED) is 0.341. The third-order valence-corrected chi connectivity index (χ3v) is 8.46. The van der Waals surface area contributed by atoms with Gasteiger partial charge in [0.25, 0.3) is 0 Å². The van der Waals surface area contributed by atoms with Gasteiger partial charge in [-0.2, -0.15) is 0 Å². The van der Waals surface area contributed by atoms with Gasteiger partial charge in [0.2, 0.25) is 0 Å². The van der Waals surface area contributed by atoms with Gasteiger partial charge in [-0.3, -0.25) is 4.79 Å². The number of ether oxygens (including phenoxy) is 2. The van der Waals surface area contributed by atoms with Crippen molar-refractivity contribution in [3.05, 3.63) is 71.8 Å². The molecule has 2 amide bonds. The van der Waals surface area contributed by atoms with E-state index in [9.17, 15) is 24.6 Å². The summed E-state index contributed by atoms with van der Waals surface area (Å²) in [5.74, 6) is 0.237. The SMILES string of the molecule is C.C.CCO.O=C(OCc1ccccc1)N1CCCCC(O)CC1.O=C1CCCCN(C(=O)OCc2ccccc2)CC1.OC1CCCCNCC1.[B].[H-].[Na+]. The number of carbonyl (C=O) groups is 3. The largest absolute Gasteiger partial charge is 1.00 e. The van der Waals surface area contributed by atoms with E-state index in [-0.39, 0.29) is 97.6 Å². The molecule has 11 nitrogen and oxygen atoms in total. The van der Waals surface area contributed by atoms with Crippen LogP contribution in [0.25, 0.3) is 0 Å². The predicted molar refractivity (Wildman–Crippen MR) is 215 cm³/mol. The molecule has 0 spiro atoms. The van der Waals surface area contributed by atoms with Crippen LogP contribution in [0.15, 0.2) is 60.7 Å². The number of rotatable bonds is 4. The molecule has 3 heterocycles. The Hall–Kier alpha value is -2.45. The first-order valence-corrected chi connectivity index (χ1v) is 18.4. The van der Waals surface area contributed by atoms with Crippen LogP contribution in [0.5, 0.6) is 0 Å². The van der Waals surface area contributed by atoms with Gasteiger partial charge in [0.1, 0.15) is 19.0 Å². The second-order valence-electron chi connectivity index (χ2n) is 12.7. The van der Waals surface area contributed by atoms with Crippen LogP contribution in [0, 0.1) is 0 Å². The van der Waals surface area contributed by atoms with E-state index in [1.165, 1.54) is 12.8 Å². The monoisotopic (exact) mass is 767 g/mol. The molecule has 2 aromatic carbocycles. The Morgan fingerprint density at radius 1 is 0.685 bits per heavy atom. The number of hydrogen-bond donors (Lipinski definition) is 4. The normalized spacial score (nSPS) is 18.6. The van der Waals surface area contributed by atoms with Gasteiger partial charge in [0, 0.05) is 54.0 Å². The van der Waals surface area contributed by atoms with E-state index in [1.807, 2.05) is 60.7 Å². The topological polar surface area (TPSA) is 149 Å².